The van der Waals surface area contributed by atoms with Crippen molar-refractivity contribution in [1.82, 2.24) is 4.90 Å². The van der Waals surface area contributed by atoms with Crippen LogP contribution in [-0.4, -0.2) is 26.4 Å². The molecule has 1 aliphatic rings. The predicted octanol–water partition coefficient (Wildman–Crippen LogP) is 0.732. The number of nitrogens with zero attached hydrogens (tertiary/aromatic N) is 1. The largest absolute Gasteiger partial charge is 0.372 e. The van der Waals surface area contributed by atoms with Crippen molar-refractivity contribution in [2.24, 2.45) is 10.9 Å². The monoisotopic (exact) mass is 287 g/mol. The van der Waals surface area contributed by atoms with Crippen LogP contribution in [0.5, 0.6) is 0 Å². The average Bonchev–Trinajstić information content (AvgIpc) is 2.28. The van der Waals surface area contributed by atoms with Crippen molar-refractivity contribution in [1.29, 1.82) is 0 Å². The number of rotatable bonds is 3. The van der Waals surface area contributed by atoms with E-state index in [9.17, 15) is 8.42 Å². The van der Waals surface area contributed by atoms with Crippen molar-refractivity contribution in [3.8, 4) is 0 Å². The molecule has 98 valence electrons. The summed E-state index contributed by atoms with van der Waals surface area (Å²) in [6, 6.07) is 2.99. The van der Waals surface area contributed by atoms with Crippen molar-refractivity contribution >= 4 is 27.7 Å². The highest BCUT2D eigenvalue weighted by molar-refractivity contribution is 7.89. The Morgan fingerprint density at radius 3 is 2.72 bits per heavy atom. The van der Waals surface area contributed by atoms with Crippen LogP contribution in [0, 0.1) is 0 Å². The second-order valence-corrected chi connectivity index (χ2v) is 5.99. The Kier molecular flexibility index (Phi) is 3.63. The molecule has 7 heteroatoms. The molecule has 0 aliphatic carbocycles. The summed E-state index contributed by atoms with van der Waals surface area (Å²) in [6.07, 6.45) is 3.64. The first-order valence-electron chi connectivity index (χ1n) is 5.40. The van der Waals surface area contributed by atoms with E-state index in [1.54, 1.807) is 12.1 Å². The van der Waals surface area contributed by atoms with Gasteiger partial charge in [-0.25, -0.2) is 13.6 Å². The Hall–Kier alpha value is -1.08. The number of sulfonamides is 1. The van der Waals surface area contributed by atoms with Crippen LogP contribution in [0.2, 0.25) is 5.02 Å². The van der Waals surface area contributed by atoms with E-state index >= 15 is 0 Å². The third-order valence-corrected chi connectivity index (χ3v) is 4.12. The normalized spacial score (nSPS) is 14.7. The van der Waals surface area contributed by atoms with E-state index in [2.05, 4.69) is 0 Å². The Labute approximate surface area is 111 Å². The molecule has 0 unspecified atom stereocenters. The van der Waals surface area contributed by atoms with Crippen LogP contribution < -0.4 is 10.9 Å². The number of benzene rings is 1. The molecule has 1 aromatic carbocycles. The van der Waals surface area contributed by atoms with Crippen molar-refractivity contribution < 1.29 is 8.42 Å². The fourth-order valence-corrected chi connectivity index (χ4v) is 3.00. The summed E-state index contributed by atoms with van der Waals surface area (Å²) in [6.45, 7) is 1.58. The molecule has 0 spiro atoms. The first kappa shape index (κ1) is 13.4. The molecule has 1 heterocycles. The van der Waals surface area contributed by atoms with E-state index in [1.807, 2.05) is 11.1 Å². The number of hydrogen-bond acceptors (Lipinski definition) is 4. The smallest absolute Gasteiger partial charge is 0.238 e. The Bertz CT molecular complexity index is 599. The molecule has 4 N–H and O–H groups in total. The van der Waals surface area contributed by atoms with Crippen molar-refractivity contribution in [2.75, 3.05) is 13.1 Å². The van der Waals surface area contributed by atoms with Gasteiger partial charge in [-0.05, 0) is 18.2 Å². The average molecular weight is 288 g/mol. The Balaban J connectivity index is 2.54. The van der Waals surface area contributed by atoms with Crippen LogP contribution in [0.3, 0.4) is 0 Å². The molecule has 0 fully saturated rings. The number of primary sulfonamides is 1. The van der Waals surface area contributed by atoms with Gasteiger partial charge >= 0.3 is 0 Å². The molecule has 1 aliphatic heterocycles. The van der Waals surface area contributed by atoms with Crippen LogP contribution >= 0.6 is 11.6 Å². The highest BCUT2D eigenvalue weighted by Gasteiger charge is 2.21. The molecule has 0 saturated carbocycles. The van der Waals surface area contributed by atoms with E-state index in [-0.39, 0.29) is 4.90 Å². The molecule has 0 atom stereocenters. The number of nitrogens with two attached hydrogens (primary N) is 2. The van der Waals surface area contributed by atoms with E-state index in [1.165, 1.54) is 6.07 Å². The van der Waals surface area contributed by atoms with Crippen LogP contribution in [0.15, 0.2) is 23.2 Å². The zero-order valence-corrected chi connectivity index (χ0v) is 11.2. The second kappa shape index (κ2) is 4.89. The van der Waals surface area contributed by atoms with Crippen LogP contribution in [0.25, 0.3) is 6.08 Å². The number of hydrogen-bond donors (Lipinski definition) is 2. The lowest BCUT2D eigenvalue weighted by molar-refractivity contribution is 0.373. The summed E-state index contributed by atoms with van der Waals surface area (Å²) in [5, 5.41) is 5.73. The fraction of sp³-hybridized carbons (Fsp3) is 0.273. The maximum atomic E-state index is 11.5. The Morgan fingerprint density at radius 2 is 2.11 bits per heavy atom. The first-order valence-corrected chi connectivity index (χ1v) is 7.32. The lowest BCUT2D eigenvalue weighted by atomic mass is 10.0. The summed E-state index contributed by atoms with van der Waals surface area (Å²) in [4.78, 5) is 2.04. The fourth-order valence-electron chi connectivity index (χ4n) is 1.98. The van der Waals surface area contributed by atoms with Gasteiger partial charge in [-0.3, -0.25) is 0 Å². The molecule has 1 aromatic rings. The van der Waals surface area contributed by atoms with E-state index in [4.69, 9.17) is 22.5 Å². The first-order chi connectivity index (χ1) is 8.43. The van der Waals surface area contributed by atoms with Gasteiger partial charge in [0.1, 0.15) is 0 Å². The maximum absolute atomic E-state index is 11.5. The maximum Gasteiger partial charge on any atom is 0.238 e. The van der Waals surface area contributed by atoms with Crippen LogP contribution in [-0.2, 0) is 16.6 Å². The van der Waals surface area contributed by atoms with Gasteiger partial charge in [0.15, 0.2) is 0 Å². The minimum Gasteiger partial charge on any atom is -0.372 e. The molecular formula is C11H14ClN3O2S. The minimum absolute atomic E-state index is 0.119. The third kappa shape index (κ3) is 2.51. The molecule has 0 bridgehead atoms. The second-order valence-electron chi connectivity index (χ2n) is 4.06. The molecule has 0 saturated heterocycles. The van der Waals surface area contributed by atoms with Gasteiger partial charge in [0, 0.05) is 42.0 Å². The van der Waals surface area contributed by atoms with E-state index in [0.717, 1.165) is 0 Å². The number of fused-ring (bicyclic) bond motifs is 1. The summed E-state index contributed by atoms with van der Waals surface area (Å²) < 4.78 is 23.1. The molecule has 0 aromatic heterocycles. The summed E-state index contributed by atoms with van der Waals surface area (Å²) in [7, 11) is -3.75. The van der Waals surface area contributed by atoms with Gasteiger partial charge in [0.25, 0.3) is 0 Å². The standard InChI is InChI=1S/C11H14ClN3O2S/c12-10-1-2-11(18(14,16)17)9-7-15(6-4-13)5-3-8(9)10/h1-3,5H,4,6-7,13H2,(H2,14,16,17). The molecule has 0 radical (unpaired) electrons. The SMILES string of the molecule is NCCN1C=Cc2c(Cl)ccc(S(N)(=O)=O)c2C1. The van der Waals surface area contributed by atoms with Crippen LogP contribution in [0.4, 0.5) is 0 Å². The predicted molar refractivity (Wildman–Crippen MR) is 71.3 cm³/mol. The minimum atomic E-state index is -3.75. The van der Waals surface area contributed by atoms with Gasteiger partial charge in [-0.2, -0.15) is 0 Å². The lowest BCUT2D eigenvalue weighted by Gasteiger charge is -2.26. The quantitative estimate of drug-likeness (QED) is 0.858. The van der Waals surface area contributed by atoms with Crippen molar-refractivity contribution in [3.63, 3.8) is 0 Å². The van der Waals surface area contributed by atoms with Gasteiger partial charge in [0.05, 0.1) is 4.90 Å². The van der Waals surface area contributed by atoms with Crippen molar-refractivity contribution in [2.45, 2.75) is 11.4 Å². The summed E-state index contributed by atoms with van der Waals surface area (Å²) >= 11 is 6.06. The molecule has 2 rings (SSSR count). The van der Waals surface area contributed by atoms with Crippen LogP contribution in [0.1, 0.15) is 11.1 Å². The van der Waals surface area contributed by atoms with E-state index in [0.29, 0.717) is 35.8 Å². The van der Waals surface area contributed by atoms with Gasteiger partial charge in [0.2, 0.25) is 10.0 Å². The molecule has 0 amide bonds. The third-order valence-electron chi connectivity index (χ3n) is 2.80. The lowest BCUT2D eigenvalue weighted by Crippen LogP contribution is -2.28. The topological polar surface area (TPSA) is 89.4 Å². The zero-order valence-electron chi connectivity index (χ0n) is 9.64. The molecule has 5 nitrogen and oxygen atoms in total. The number of halogens is 1. The molecule has 18 heavy (non-hydrogen) atoms. The van der Waals surface area contributed by atoms with Crippen molar-refractivity contribution in [3.05, 3.63) is 34.5 Å². The molecular weight excluding hydrogens is 274 g/mol. The highest BCUT2D eigenvalue weighted by atomic mass is 35.5. The highest BCUT2D eigenvalue weighted by Crippen LogP contribution is 2.31. The van der Waals surface area contributed by atoms with E-state index < -0.39 is 10.0 Å². The zero-order chi connectivity index (χ0) is 13.3. The van der Waals surface area contributed by atoms with Gasteiger partial charge in [-0.15, -0.1) is 0 Å². The van der Waals surface area contributed by atoms with Gasteiger partial charge < -0.3 is 10.6 Å². The Morgan fingerprint density at radius 1 is 1.39 bits per heavy atom. The van der Waals surface area contributed by atoms with Gasteiger partial charge in [-0.1, -0.05) is 11.6 Å². The summed E-state index contributed by atoms with van der Waals surface area (Å²) in [5.74, 6) is 0. The summed E-state index contributed by atoms with van der Waals surface area (Å²) in [5.41, 5.74) is 6.82.